The number of methoxy groups -OCH3 is 2. The Balaban J connectivity index is 1.53. The maximum Gasteiger partial charge on any atom is 0.278 e. The Bertz CT molecular complexity index is 1100. The van der Waals surface area contributed by atoms with Gasteiger partial charge in [0, 0.05) is 31.9 Å². The fourth-order valence-corrected chi connectivity index (χ4v) is 3.61. The van der Waals surface area contributed by atoms with Gasteiger partial charge in [-0.3, -0.25) is 9.59 Å². The van der Waals surface area contributed by atoms with Crippen molar-refractivity contribution in [2.24, 2.45) is 0 Å². The first-order chi connectivity index (χ1) is 15.1. The lowest BCUT2D eigenvalue weighted by molar-refractivity contribution is 0.0734. The average Bonchev–Trinajstić information content (AvgIpc) is 2.84. The molecule has 0 spiro atoms. The van der Waals surface area contributed by atoms with Crippen molar-refractivity contribution in [3.05, 3.63) is 76.7 Å². The standard InChI is InChI=1S/C23H24N4O4/c1-30-19-10-8-17(9-11-19)25-12-14-26(15-13-25)23(29)22-20(31-2)16-21(28)27(24-22)18-6-4-3-5-7-18/h3-11,16H,12-15H2,1-2H3. The molecule has 4 rings (SSSR count). The van der Waals surface area contributed by atoms with Crippen molar-refractivity contribution in [3.63, 3.8) is 0 Å². The summed E-state index contributed by atoms with van der Waals surface area (Å²) in [5.41, 5.74) is 1.45. The number of benzene rings is 2. The summed E-state index contributed by atoms with van der Waals surface area (Å²) in [5.74, 6) is 0.736. The number of para-hydroxylation sites is 1. The van der Waals surface area contributed by atoms with Gasteiger partial charge >= 0.3 is 0 Å². The number of carbonyl (C=O) groups excluding carboxylic acids is 1. The Morgan fingerprint density at radius 2 is 1.55 bits per heavy atom. The number of amides is 1. The summed E-state index contributed by atoms with van der Waals surface area (Å²) in [6.45, 7) is 2.47. The molecule has 8 heteroatoms. The number of hydrogen-bond acceptors (Lipinski definition) is 6. The van der Waals surface area contributed by atoms with Gasteiger partial charge in [-0.25, -0.2) is 0 Å². The molecule has 1 fully saturated rings. The quantitative estimate of drug-likeness (QED) is 0.630. The molecule has 0 unspecified atom stereocenters. The number of piperazine rings is 1. The second kappa shape index (κ2) is 8.91. The van der Waals surface area contributed by atoms with E-state index in [1.165, 1.54) is 17.9 Å². The second-order valence-corrected chi connectivity index (χ2v) is 7.12. The number of nitrogens with zero attached hydrogens (tertiary/aromatic N) is 4. The predicted molar refractivity (Wildman–Crippen MR) is 117 cm³/mol. The Kier molecular flexibility index (Phi) is 5.88. The number of aromatic nitrogens is 2. The van der Waals surface area contributed by atoms with E-state index in [1.807, 2.05) is 42.5 Å². The minimum atomic E-state index is -0.357. The lowest BCUT2D eigenvalue weighted by Gasteiger charge is -2.36. The van der Waals surface area contributed by atoms with Crippen molar-refractivity contribution in [3.8, 4) is 17.2 Å². The van der Waals surface area contributed by atoms with Gasteiger partial charge in [-0.15, -0.1) is 0 Å². The molecule has 3 aromatic rings. The molecule has 8 nitrogen and oxygen atoms in total. The van der Waals surface area contributed by atoms with Crippen LogP contribution in [0.25, 0.3) is 5.69 Å². The van der Waals surface area contributed by atoms with Crippen LogP contribution in [0.2, 0.25) is 0 Å². The van der Waals surface area contributed by atoms with Crippen molar-refractivity contribution in [1.82, 2.24) is 14.7 Å². The van der Waals surface area contributed by atoms with Crippen LogP contribution in [0.4, 0.5) is 5.69 Å². The number of rotatable bonds is 5. The molecule has 1 saturated heterocycles. The smallest absolute Gasteiger partial charge is 0.278 e. The highest BCUT2D eigenvalue weighted by Crippen LogP contribution is 2.22. The third-order valence-electron chi connectivity index (χ3n) is 5.32. The summed E-state index contributed by atoms with van der Waals surface area (Å²) >= 11 is 0. The lowest BCUT2D eigenvalue weighted by atomic mass is 10.2. The third-order valence-corrected chi connectivity index (χ3v) is 5.32. The van der Waals surface area contributed by atoms with Crippen LogP contribution in [-0.4, -0.2) is 61.0 Å². The van der Waals surface area contributed by atoms with Crippen LogP contribution in [0.5, 0.6) is 11.5 Å². The van der Waals surface area contributed by atoms with Gasteiger partial charge in [-0.05, 0) is 36.4 Å². The molecule has 0 N–H and O–H groups in total. The highest BCUT2D eigenvalue weighted by molar-refractivity contribution is 5.95. The van der Waals surface area contributed by atoms with E-state index in [2.05, 4.69) is 10.00 Å². The van der Waals surface area contributed by atoms with Gasteiger partial charge in [0.15, 0.2) is 11.4 Å². The molecule has 1 aromatic heterocycles. The van der Waals surface area contributed by atoms with Crippen LogP contribution < -0.4 is 19.9 Å². The Hall–Kier alpha value is -3.81. The molecule has 0 bridgehead atoms. The molecule has 2 heterocycles. The van der Waals surface area contributed by atoms with E-state index >= 15 is 0 Å². The highest BCUT2D eigenvalue weighted by Gasteiger charge is 2.27. The van der Waals surface area contributed by atoms with Gasteiger partial charge in [0.25, 0.3) is 11.5 Å². The fraction of sp³-hybridized carbons (Fsp3) is 0.261. The van der Waals surface area contributed by atoms with E-state index in [1.54, 1.807) is 24.1 Å². The van der Waals surface area contributed by atoms with Crippen LogP contribution in [0, 0.1) is 0 Å². The van der Waals surface area contributed by atoms with Crippen LogP contribution >= 0.6 is 0 Å². The monoisotopic (exact) mass is 420 g/mol. The van der Waals surface area contributed by atoms with Gasteiger partial charge in [0.05, 0.1) is 26.0 Å². The third kappa shape index (κ3) is 4.23. The maximum atomic E-state index is 13.2. The SMILES string of the molecule is COc1ccc(N2CCN(C(=O)c3nn(-c4ccccc4)c(=O)cc3OC)CC2)cc1. The largest absolute Gasteiger partial charge is 0.497 e. The Labute approximate surface area is 180 Å². The number of anilines is 1. The first kappa shape index (κ1) is 20.5. The van der Waals surface area contributed by atoms with Crippen LogP contribution in [-0.2, 0) is 0 Å². The summed E-state index contributed by atoms with van der Waals surface area (Å²) in [7, 11) is 3.07. The van der Waals surface area contributed by atoms with Gasteiger partial charge in [0.2, 0.25) is 0 Å². The highest BCUT2D eigenvalue weighted by atomic mass is 16.5. The molecule has 0 aliphatic carbocycles. The van der Waals surface area contributed by atoms with Gasteiger partial charge in [-0.1, -0.05) is 18.2 Å². The van der Waals surface area contributed by atoms with E-state index in [9.17, 15) is 9.59 Å². The zero-order chi connectivity index (χ0) is 21.8. The molecular weight excluding hydrogens is 396 g/mol. The number of hydrogen-bond donors (Lipinski definition) is 0. The molecule has 0 radical (unpaired) electrons. The molecule has 1 aliphatic heterocycles. The van der Waals surface area contributed by atoms with E-state index in [4.69, 9.17) is 9.47 Å². The van der Waals surface area contributed by atoms with E-state index in [0.29, 0.717) is 31.9 Å². The van der Waals surface area contributed by atoms with E-state index in [-0.39, 0.29) is 22.9 Å². The summed E-state index contributed by atoms with van der Waals surface area (Å²) in [6, 6.07) is 18.2. The summed E-state index contributed by atoms with van der Waals surface area (Å²) < 4.78 is 11.7. The Morgan fingerprint density at radius 1 is 0.871 bits per heavy atom. The van der Waals surface area contributed by atoms with Gasteiger partial charge in [0.1, 0.15) is 5.75 Å². The molecular formula is C23H24N4O4. The summed E-state index contributed by atoms with van der Waals surface area (Å²) in [6.07, 6.45) is 0. The van der Waals surface area contributed by atoms with Gasteiger partial charge < -0.3 is 19.3 Å². The molecule has 1 amide bonds. The Morgan fingerprint density at radius 3 is 2.16 bits per heavy atom. The normalized spacial score (nSPS) is 13.7. The lowest BCUT2D eigenvalue weighted by Crippen LogP contribution is -2.49. The van der Waals surface area contributed by atoms with Crippen molar-refractivity contribution in [1.29, 1.82) is 0 Å². The first-order valence-corrected chi connectivity index (χ1v) is 10.0. The van der Waals surface area contributed by atoms with Crippen molar-refractivity contribution < 1.29 is 14.3 Å². The molecule has 160 valence electrons. The molecule has 31 heavy (non-hydrogen) atoms. The first-order valence-electron chi connectivity index (χ1n) is 10.0. The van der Waals surface area contributed by atoms with Gasteiger partial charge in [-0.2, -0.15) is 9.78 Å². The zero-order valence-corrected chi connectivity index (χ0v) is 17.5. The number of carbonyl (C=O) groups is 1. The predicted octanol–water partition coefficient (Wildman–Crippen LogP) is 2.21. The van der Waals surface area contributed by atoms with Crippen LogP contribution in [0.15, 0.2) is 65.5 Å². The topological polar surface area (TPSA) is 76.9 Å². The maximum absolute atomic E-state index is 13.2. The summed E-state index contributed by atoms with van der Waals surface area (Å²) in [5, 5.41) is 4.35. The average molecular weight is 420 g/mol. The summed E-state index contributed by atoms with van der Waals surface area (Å²) in [4.78, 5) is 29.7. The van der Waals surface area contributed by atoms with Crippen molar-refractivity contribution in [2.75, 3.05) is 45.3 Å². The second-order valence-electron chi connectivity index (χ2n) is 7.12. The fourth-order valence-electron chi connectivity index (χ4n) is 3.61. The van der Waals surface area contributed by atoms with E-state index in [0.717, 1.165) is 11.4 Å². The molecule has 0 saturated carbocycles. The van der Waals surface area contributed by atoms with Crippen molar-refractivity contribution >= 4 is 11.6 Å². The minimum Gasteiger partial charge on any atom is -0.497 e. The van der Waals surface area contributed by atoms with E-state index < -0.39 is 0 Å². The molecule has 2 aromatic carbocycles. The minimum absolute atomic E-state index is 0.129. The van der Waals surface area contributed by atoms with Crippen molar-refractivity contribution in [2.45, 2.75) is 0 Å². The van der Waals surface area contributed by atoms with Crippen LogP contribution in [0.1, 0.15) is 10.5 Å². The molecule has 0 atom stereocenters. The zero-order valence-electron chi connectivity index (χ0n) is 17.5. The number of ether oxygens (including phenoxy) is 2. The molecule has 1 aliphatic rings. The van der Waals surface area contributed by atoms with Crippen LogP contribution in [0.3, 0.4) is 0 Å².